The van der Waals surface area contributed by atoms with E-state index in [4.69, 9.17) is 34.8 Å². The lowest BCUT2D eigenvalue weighted by molar-refractivity contribution is 0.145. The molecule has 1 aliphatic rings. The molecule has 1 aromatic rings. The van der Waals surface area contributed by atoms with Crippen LogP contribution in [0.1, 0.15) is 13.3 Å². The molecule has 29 heavy (non-hydrogen) atoms. The summed E-state index contributed by atoms with van der Waals surface area (Å²) in [6.07, 6.45) is 3.76. The van der Waals surface area contributed by atoms with Crippen LogP contribution in [0.25, 0.3) is 0 Å². The molecule has 1 saturated heterocycles. The predicted molar refractivity (Wildman–Crippen MR) is 117 cm³/mol. The number of nitrogens with zero attached hydrogens (tertiary/aromatic N) is 2. The van der Waals surface area contributed by atoms with Gasteiger partial charge in [-0.05, 0) is 37.6 Å². The van der Waals surface area contributed by atoms with Crippen molar-refractivity contribution in [2.75, 3.05) is 31.6 Å². The largest absolute Gasteiger partial charge is 0.394 e. The molecule has 1 unspecified atom stereocenters. The Morgan fingerprint density at radius 1 is 1.38 bits per heavy atom. The second-order valence-corrected chi connectivity index (χ2v) is 7.62. The van der Waals surface area contributed by atoms with Crippen molar-refractivity contribution in [2.24, 2.45) is 0 Å². The SMILES string of the molecule is C=C/C(Cl)=C(\C(Cl)=C/C)N1CCC(CO)N(C(=O)Nc2ccc(F)c(Cl)c2)CC1. The molecule has 0 radical (unpaired) electrons. The highest BCUT2D eigenvalue weighted by Crippen LogP contribution is 2.28. The fourth-order valence-electron chi connectivity index (χ4n) is 3.08. The third-order valence-electron chi connectivity index (χ3n) is 4.63. The summed E-state index contributed by atoms with van der Waals surface area (Å²) in [7, 11) is 0. The van der Waals surface area contributed by atoms with Crippen molar-refractivity contribution in [2.45, 2.75) is 19.4 Å². The summed E-state index contributed by atoms with van der Waals surface area (Å²) in [5.41, 5.74) is 1.00. The van der Waals surface area contributed by atoms with Gasteiger partial charge in [0.2, 0.25) is 0 Å². The number of benzene rings is 1. The first-order valence-electron chi connectivity index (χ1n) is 9.05. The van der Waals surface area contributed by atoms with E-state index in [1.807, 2.05) is 4.90 Å². The number of rotatable bonds is 5. The first kappa shape index (κ1) is 23.5. The van der Waals surface area contributed by atoms with Gasteiger partial charge in [0.05, 0.1) is 33.4 Å². The van der Waals surface area contributed by atoms with Crippen LogP contribution in [0.5, 0.6) is 0 Å². The number of nitrogens with one attached hydrogen (secondary N) is 1. The maximum atomic E-state index is 13.3. The number of amides is 2. The average molecular weight is 463 g/mol. The highest BCUT2D eigenvalue weighted by atomic mass is 35.5. The van der Waals surface area contributed by atoms with Crippen molar-refractivity contribution in [3.05, 3.63) is 63.5 Å². The molecule has 5 nitrogen and oxygen atoms in total. The van der Waals surface area contributed by atoms with Gasteiger partial charge in [-0.3, -0.25) is 0 Å². The molecule has 2 amide bonds. The number of allylic oxidation sites excluding steroid dienone is 4. The lowest BCUT2D eigenvalue weighted by Gasteiger charge is -2.28. The Morgan fingerprint density at radius 2 is 2.10 bits per heavy atom. The summed E-state index contributed by atoms with van der Waals surface area (Å²) >= 11 is 18.4. The molecule has 1 atom stereocenters. The van der Waals surface area contributed by atoms with E-state index in [0.29, 0.717) is 47.5 Å². The molecule has 1 fully saturated rings. The number of carbonyl (C=O) groups excluding carboxylic acids is 1. The smallest absolute Gasteiger partial charge is 0.322 e. The third kappa shape index (κ3) is 5.89. The molecule has 1 aromatic carbocycles. The fraction of sp³-hybridized carbons (Fsp3) is 0.350. The van der Waals surface area contributed by atoms with E-state index in [0.717, 1.165) is 0 Å². The van der Waals surface area contributed by atoms with Crippen LogP contribution in [0, 0.1) is 5.82 Å². The van der Waals surface area contributed by atoms with E-state index in [2.05, 4.69) is 11.9 Å². The second-order valence-electron chi connectivity index (χ2n) is 6.40. The Bertz CT molecular complexity index is 829. The number of anilines is 1. The van der Waals surface area contributed by atoms with Gasteiger partial charge in [-0.2, -0.15) is 0 Å². The summed E-state index contributed by atoms with van der Waals surface area (Å²) < 4.78 is 13.3. The van der Waals surface area contributed by atoms with Crippen LogP contribution >= 0.6 is 34.8 Å². The number of aliphatic hydroxyl groups is 1. The van der Waals surface area contributed by atoms with Crippen molar-refractivity contribution < 1.29 is 14.3 Å². The number of aliphatic hydroxyl groups excluding tert-OH is 1. The average Bonchev–Trinajstić information content (AvgIpc) is 2.93. The quantitative estimate of drug-likeness (QED) is 0.594. The Labute approximate surface area is 185 Å². The van der Waals surface area contributed by atoms with Crippen LogP contribution in [0.15, 0.2) is 52.7 Å². The van der Waals surface area contributed by atoms with Crippen molar-refractivity contribution >= 4 is 46.5 Å². The molecule has 2 N–H and O–H groups in total. The molecular formula is C20H23Cl3FN3O2. The van der Waals surface area contributed by atoms with Crippen LogP contribution in [-0.4, -0.2) is 53.2 Å². The van der Waals surface area contributed by atoms with Crippen molar-refractivity contribution in [1.82, 2.24) is 9.80 Å². The molecule has 0 saturated carbocycles. The van der Waals surface area contributed by atoms with Crippen molar-refractivity contribution in [3.8, 4) is 0 Å². The molecular weight excluding hydrogens is 440 g/mol. The highest BCUT2D eigenvalue weighted by Gasteiger charge is 2.29. The molecule has 0 bridgehead atoms. The van der Waals surface area contributed by atoms with Crippen molar-refractivity contribution in [3.63, 3.8) is 0 Å². The zero-order valence-corrected chi connectivity index (χ0v) is 18.2. The minimum absolute atomic E-state index is 0.0848. The molecule has 2 rings (SSSR count). The molecule has 0 spiro atoms. The minimum atomic E-state index is -0.567. The number of hydrogen-bond donors (Lipinski definition) is 2. The Balaban J connectivity index is 2.21. The van der Waals surface area contributed by atoms with Gasteiger partial charge in [0.1, 0.15) is 5.82 Å². The molecule has 0 aliphatic carbocycles. The van der Waals surface area contributed by atoms with Crippen LogP contribution in [-0.2, 0) is 0 Å². The number of urea groups is 1. The van der Waals surface area contributed by atoms with E-state index in [9.17, 15) is 14.3 Å². The molecule has 1 aliphatic heterocycles. The maximum absolute atomic E-state index is 13.3. The van der Waals surface area contributed by atoms with Crippen LogP contribution in [0.3, 0.4) is 0 Å². The first-order valence-corrected chi connectivity index (χ1v) is 10.2. The van der Waals surface area contributed by atoms with Gasteiger partial charge in [0, 0.05) is 25.3 Å². The summed E-state index contributed by atoms with van der Waals surface area (Å²) in [5, 5.41) is 13.3. The zero-order valence-electron chi connectivity index (χ0n) is 16.0. The van der Waals surface area contributed by atoms with Gasteiger partial charge in [-0.25, -0.2) is 9.18 Å². The van der Waals surface area contributed by atoms with E-state index < -0.39 is 17.9 Å². The summed E-state index contributed by atoms with van der Waals surface area (Å²) in [6, 6.07) is 3.13. The summed E-state index contributed by atoms with van der Waals surface area (Å²) in [6.45, 7) is 6.62. The number of hydrogen-bond acceptors (Lipinski definition) is 3. The van der Waals surface area contributed by atoms with Gasteiger partial charge in [-0.15, -0.1) is 0 Å². The maximum Gasteiger partial charge on any atom is 0.322 e. The molecule has 158 valence electrons. The molecule has 1 heterocycles. The molecule has 9 heteroatoms. The molecule has 0 aromatic heterocycles. The van der Waals surface area contributed by atoms with Crippen molar-refractivity contribution in [1.29, 1.82) is 0 Å². The van der Waals surface area contributed by atoms with Crippen LogP contribution in [0.4, 0.5) is 14.9 Å². The van der Waals surface area contributed by atoms with Gasteiger partial charge in [0.15, 0.2) is 0 Å². The summed E-state index contributed by atoms with van der Waals surface area (Å²) in [5.74, 6) is -0.567. The highest BCUT2D eigenvalue weighted by molar-refractivity contribution is 6.36. The predicted octanol–water partition coefficient (Wildman–Crippen LogP) is 5.16. The normalized spacial score (nSPS) is 18.8. The van der Waals surface area contributed by atoms with E-state index in [-0.39, 0.29) is 11.6 Å². The van der Waals surface area contributed by atoms with Crippen LogP contribution < -0.4 is 5.32 Å². The minimum Gasteiger partial charge on any atom is -0.394 e. The zero-order chi connectivity index (χ0) is 21.6. The topological polar surface area (TPSA) is 55.8 Å². The second kappa shape index (κ2) is 10.9. The Kier molecular flexibility index (Phi) is 8.83. The van der Waals surface area contributed by atoms with Gasteiger partial charge < -0.3 is 20.2 Å². The third-order valence-corrected chi connectivity index (χ3v) is 5.65. The first-order chi connectivity index (χ1) is 13.8. The fourth-order valence-corrected chi connectivity index (χ4v) is 3.75. The van der Waals surface area contributed by atoms with Crippen LogP contribution in [0.2, 0.25) is 5.02 Å². The Hall–Kier alpha value is -1.73. The van der Waals surface area contributed by atoms with E-state index in [1.165, 1.54) is 24.3 Å². The van der Waals surface area contributed by atoms with Gasteiger partial charge in [0.25, 0.3) is 0 Å². The van der Waals surface area contributed by atoms with E-state index in [1.54, 1.807) is 17.9 Å². The van der Waals surface area contributed by atoms with Gasteiger partial charge in [-0.1, -0.05) is 47.5 Å². The van der Waals surface area contributed by atoms with Gasteiger partial charge >= 0.3 is 6.03 Å². The standard InChI is InChI=1S/C20H23Cl3FN3O2/c1-3-15(21)19(16(22)4-2)26-8-7-14(12-28)27(10-9-26)20(29)25-13-5-6-18(24)17(23)11-13/h3-6,11,14,28H,1,7-10,12H2,2H3,(H,25,29)/b16-4+,19-15-. The monoisotopic (exact) mass is 461 g/mol. The number of carbonyl (C=O) groups is 1. The summed E-state index contributed by atoms with van der Waals surface area (Å²) in [4.78, 5) is 16.3. The lowest BCUT2D eigenvalue weighted by atomic mass is 10.2. The lowest BCUT2D eigenvalue weighted by Crippen LogP contribution is -2.45. The van der Waals surface area contributed by atoms with E-state index >= 15 is 0 Å². The Morgan fingerprint density at radius 3 is 2.69 bits per heavy atom. The number of halogens is 4.